The van der Waals surface area contributed by atoms with E-state index in [9.17, 15) is 18.0 Å². The second-order valence-electron chi connectivity index (χ2n) is 9.38. The second-order valence-corrected chi connectivity index (χ2v) is 14.4. The summed E-state index contributed by atoms with van der Waals surface area (Å²) in [6.07, 6.45) is 0.742. The molecule has 37 heavy (non-hydrogen) atoms. The molecule has 0 unspecified atom stereocenters. The van der Waals surface area contributed by atoms with Gasteiger partial charge in [-0.25, -0.2) is 17.9 Å². The van der Waals surface area contributed by atoms with Crippen molar-refractivity contribution in [1.82, 2.24) is 14.9 Å². The van der Waals surface area contributed by atoms with E-state index in [1.807, 2.05) is 35.0 Å². The smallest absolute Gasteiger partial charge is 0.408 e. The third-order valence-corrected chi connectivity index (χ3v) is 9.71. The van der Waals surface area contributed by atoms with Crippen molar-refractivity contribution in [3.63, 3.8) is 0 Å². The highest BCUT2D eigenvalue weighted by molar-refractivity contribution is 7.91. The number of carbonyl (C=O) groups is 2. The van der Waals surface area contributed by atoms with Gasteiger partial charge in [-0.05, 0) is 74.4 Å². The first-order valence-electron chi connectivity index (χ1n) is 11.9. The molecule has 0 aliphatic rings. The number of unbranched alkanes of at least 4 members (excludes halogenated alkanes) is 1. The Hall–Kier alpha value is -2.25. The molecule has 0 aliphatic heterocycles. The molecule has 8 nitrogen and oxygen atoms in total. The summed E-state index contributed by atoms with van der Waals surface area (Å²) in [7, 11) is -3.54. The van der Waals surface area contributed by atoms with Gasteiger partial charge in [0.25, 0.3) is 0 Å². The summed E-state index contributed by atoms with van der Waals surface area (Å²) < 4.78 is 33.0. The van der Waals surface area contributed by atoms with Gasteiger partial charge in [-0.15, -0.1) is 34.0 Å². The van der Waals surface area contributed by atoms with E-state index in [2.05, 4.69) is 10.0 Å². The van der Waals surface area contributed by atoms with Crippen LogP contribution in [0.25, 0.3) is 0 Å². The number of nitrogens with one attached hydrogen (secondary N) is 2. The van der Waals surface area contributed by atoms with Crippen LogP contribution < -0.4 is 10.0 Å². The molecule has 1 atom stereocenters. The standard InChI is InChI=1S/C25H33N3O5S4/c1-25(2,3)33-24(30)27-21(11-4-5-13-26-37(31,32)22-12-8-16-36-22)23(29)28(17-19-9-6-14-34-19)18-20-10-7-15-35-20/h6-10,12,14-16,21,26H,4-5,11,13,17-18H2,1-3H3,(H,27,30)/t21-/m0/s1. The van der Waals surface area contributed by atoms with Crippen LogP contribution in [0, 0.1) is 0 Å². The molecule has 3 aromatic rings. The van der Waals surface area contributed by atoms with E-state index in [4.69, 9.17) is 4.74 Å². The molecular formula is C25H33N3O5S4. The third kappa shape index (κ3) is 9.86. The molecule has 202 valence electrons. The number of alkyl carbamates (subject to hydrolysis) is 1. The summed E-state index contributed by atoms with van der Waals surface area (Å²) in [4.78, 5) is 30.2. The Morgan fingerprint density at radius 2 is 1.54 bits per heavy atom. The molecule has 3 rings (SSSR count). The van der Waals surface area contributed by atoms with Crippen LogP contribution in [-0.2, 0) is 32.6 Å². The predicted molar refractivity (Wildman–Crippen MR) is 149 cm³/mol. The molecule has 0 aromatic carbocycles. The number of rotatable bonds is 13. The summed E-state index contributed by atoms with van der Waals surface area (Å²) in [5.41, 5.74) is -0.703. The Morgan fingerprint density at radius 3 is 2.05 bits per heavy atom. The number of carbonyl (C=O) groups excluding carboxylic acids is 2. The fourth-order valence-corrected chi connectivity index (χ4v) is 7.04. The molecule has 3 heterocycles. The average molecular weight is 584 g/mol. The zero-order chi connectivity index (χ0) is 26.9. The summed E-state index contributed by atoms with van der Waals surface area (Å²) in [6.45, 7) is 6.40. The van der Waals surface area contributed by atoms with Gasteiger partial charge in [-0.1, -0.05) is 18.2 Å². The van der Waals surface area contributed by atoms with E-state index in [1.165, 1.54) is 0 Å². The molecule has 2 N–H and O–H groups in total. The Labute approximate surface area is 230 Å². The fourth-order valence-electron chi connectivity index (χ4n) is 3.49. The summed E-state index contributed by atoms with van der Waals surface area (Å²) in [5, 5.41) is 8.41. The van der Waals surface area contributed by atoms with Crippen molar-refractivity contribution in [3.8, 4) is 0 Å². The summed E-state index contributed by atoms with van der Waals surface area (Å²) >= 11 is 4.31. The van der Waals surface area contributed by atoms with E-state index in [0.29, 0.717) is 32.4 Å². The molecule has 0 spiro atoms. The molecule has 0 saturated carbocycles. The van der Waals surface area contributed by atoms with Gasteiger partial charge in [0.05, 0.1) is 13.1 Å². The van der Waals surface area contributed by atoms with Gasteiger partial charge in [0.15, 0.2) is 0 Å². The lowest BCUT2D eigenvalue weighted by molar-refractivity contribution is -0.134. The second kappa shape index (κ2) is 13.5. The number of sulfonamides is 1. The molecule has 0 bridgehead atoms. The van der Waals surface area contributed by atoms with Crippen LogP contribution in [-0.4, -0.2) is 43.5 Å². The lowest BCUT2D eigenvalue weighted by atomic mass is 10.1. The van der Waals surface area contributed by atoms with Crippen LogP contribution in [0.1, 0.15) is 49.8 Å². The minimum Gasteiger partial charge on any atom is -0.444 e. The molecule has 0 fully saturated rings. The molecule has 0 aliphatic carbocycles. The zero-order valence-electron chi connectivity index (χ0n) is 21.1. The van der Waals surface area contributed by atoms with Crippen LogP contribution >= 0.6 is 34.0 Å². The van der Waals surface area contributed by atoms with E-state index < -0.39 is 27.8 Å². The third-order valence-electron chi connectivity index (χ3n) is 5.13. The number of nitrogens with zero attached hydrogens (tertiary/aromatic N) is 1. The van der Waals surface area contributed by atoms with Crippen molar-refractivity contribution in [3.05, 3.63) is 62.3 Å². The summed E-state index contributed by atoms with van der Waals surface area (Å²) in [6, 6.07) is 10.3. The first-order chi connectivity index (χ1) is 17.5. The van der Waals surface area contributed by atoms with E-state index in [-0.39, 0.29) is 16.7 Å². The van der Waals surface area contributed by atoms with E-state index in [0.717, 1.165) is 21.1 Å². The van der Waals surface area contributed by atoms with Crippen molar-refractivity contribution < 1.29 is 22.7 Å². The maximum absolute atomic E-state index is 13.7. The summed E-state index contributed by atoms with van der Waals surface area (Å²) in [5.74, 6) is -0.202. The topological polar surface area (TPSA) is 105 Å². The molecule has 0 saturated heterocycles. The molecule has 12 heteroatoms. The van der Waals surface area contributed by atoms with Gasteiger partial charge in [-0.2, -0.15) is 0 Å². The maximum atomic E-state index is 13.7. The number of thiophene rings is 3. The Balaban J connectivity index is 1.66. The van der Waals surface area contributed by atoms with Crippen molar-refractivity contribution in [2.75, 3.05) is 6.54 Å². The van der Waals surface area contributed by atoms with Crippen molar-refractivity contribution in [2.24, 2.45) is 0 Å². The molecular weight excluding hydrogens is 551 g/mol. The first-order valence-corrected chi connectivity index (χ1v) is 16.0. The first kappa shape index (κ1) is 29.3. The van der Waals surface area contributed by atoms with Crippen molar-refractivity contribution in [1.29, 1.82) is 0 Å². The highest BCUT2D eigenvalue weighted by Gasteiger charge is 2.28. The Bertz CT molecular complexity index is 1170. The van der Waals surface area contributed by atoms with Gasteiger partial charge in [-0.3, -0.25) is 4.79 Å². The van der Waals surface area contributed by atoms with Gasteiger partial charge in [0.2, 0.25) is 15.9 Å². The number of hydrogen-bond donors (Lipinski definition) is 2. The highest BCUT2D eigenvalue weighted by atomic mass is 32.2. The van der Waals surface area contributed by atoms with Gasteiger partial charge >= 0.3 is 6.09 Å². The monoisotopic (exact) mass is 583 g/mol. The molecule has 0 radical (unpaired) electrons. The van der Waals surface area contributed by atoms with E-state index >= 15 is 0 Å². The van der Waals surface area contributed by atoms with Crippen LogP contribution in [0.4, 0.5) is 4.79 Å². The number of amides is 2. The van der Waals surface area contributed by atoms with Crippen molar-refractivity contribution >= 4 is 56.0 Å². The van der Waals surface area contributed by atoms with Crippen LogP contribution in [0.5, 0.6) is 0 Å². The number of ether oxygens (including phenoxy) is 1. The average Bonchev–Trinajstić information content (AvgIpc) is 3.60. The Kier molecular flexibility index (Phi) is 10.7. The minimum absolute atomic E-state index is 0.202. The zero-order valence-corrected chi connectivity index (χ0v) is 24.4. The van der Waals surface area contributed by atoms with Crippen LogP contribution in [0.2, 0.25) is 0 Å². The lowest BCUT2D eigenvalue weighted by Gasteiger charge is -2.28. The molecule has 2 amide bonds. The van der Waals surface area contributed by atoms with Gasteiger partial charge in [0.1, 0.15) is 15.9 Å². The van der Waals surface area contributed by atoms with Crippen LogP contribution in [0.3, 0.4) is 0 Å². The largest absolute Gasteiger partial charge is 0.444 e. The normalized spacial score (nSPS) is 12.7. The van der Waals surface area contributed by atoms with Crippen molar-refractivity contribution in [2.45, 2.75) is 69.0 Å². The quantitative estimate of drug-likeness (QED) is 0.261. The van der Waals surface area contributed by atoms with Gasteiger partial charge < -0.3 is 15.0 Å². The predicted octanol–water partition coefficient (Wildman–Crippen LogP) is 5.44. The fraction of sp³-hybridized carbons (Fsp3) is 0.440. The SMILES string of the molecule is CC(C)(C)OC(=O)N[C@@H](CCCCNS(=O)(=O)c1cccs1)C(=O)N(Cc1cccs1)Cc1cccs1. The highest BCUT2D eigenvalue weighted by Crippen LogP contribution is 2.20. The lowest BCUT2D eigenvalue weighted by Crippen LogP contribution is -2.49. The maximum Gasteiger partial charge on any atom is 0.408 e. The minimum atomic E-state index is -3.54. The van der Waals surface area contributed by atoms with E-state index in [1.54, 1.807) is 65.9 Å². The molecule has 3 aromatic heterocycles. The number of hydrogen-bond acceptors (Lipinski definition) is 8. The Morgan fingerprint density at radius 1 is 0.946 bits per heavy atom. The van der Waals surface area contributed by atoms with Gasteiger partial charge in [0, 0.05) is 16.3 Å². The van der Waals surface area contributed by atoms with Crippen LogP contribution in [0.15, 0.2) is 56.7 Å².